The van der Waals surface area contributed by atoms with Gasteiger partial charge in [-0.2, -0.15) is 0 Å². The van der Waals surface area contributed by atoms with Gasteiger partial charge in [0.1, 0.15) is 18.3 Å². The first-order valence-electron chi connectivity index (χ1n) is 11.9. The van der Waals surface area contributed by atoms with E-state index in [-0.39, 0.29) is 11.4 Å². The summed E-state index contributed by atoms with van der Waals surface area (Å²) in [5.74, 6) is 1.21. The van der Waals surface area contributed by atoms with Crippen LogP contribution in [0.2, 0.25) is 0 Å². The van der Waals surface area contributed by atoms with Gasteiger partial charge in [-0.3, -0.25) is 9.10 Å². The Hall–Kier alpha value is -2.72. The number of benzene rings is 1. The number of amides is 1. The van der Waals surface area contributed by atoms with Crippen LogP contribution in [0.15, 0.2) is 42.5 Å². The van der Waals surface area contributed by atoms with E-state index in [9.17, 15) is 17.6 Å². The summed E-state index contributed by atoms with van der Waals surface area (Å²) < 4.78 is 40.1. The molecule has 4 atom stereocenters. The number of hydrogen-bond donors (Lipinski definition) is 3. The van der Waals surface area contributed by atoms with Crippen molar-refractivity contribution in [2.75, 3.05) is 29.9 Å². The van der Waals surface area contributed by atoms with Crippen molar-refractivity contribution in [3.8, 4) is 0 Å². The molecule has 0 spiro atoms. The molecule has 0 saturated heterocycles. The van der Waals surface area contributed by atoms with Crippen LogP contribution in [0.1, 0.15) is 43.1 Å². The van der Waals surface area contributed by atoms with E-state index < -0.39 is 39.9 Å². The van der Waals surface area contributed by atoms with Crippen molar-refractivity contribution in [2.24, 2.45) is 17.6 Å². The Labute approximate surface area is 207 Å². The number of anilines is 2. The SMILES string of the molecule is CC1CC1CNc1cc(C(=O)N[C@@H](Cc2ccccc2)[C@@H](N)CF)cc(N(C)S(=O)(=O)C(C)C)n1. The number of nitrogens with one attached hydrogen (secondary N) is 2. The van der Waals surface area contributed by atoms with Crippen LogP contribution >= 0.6 is 0 Å². The standard InChI is InChI=1S/C25H36FN5O3S/c1-16(2)35(33,34)31(4)24-13-19(12-23(30-24)28-15-20-10-17(20)3)25(32)29-22(21(27)14-26)11-18-8-6-5-7-9-18/h5-9,12-13,16-17,20-22H,10-11,14-15,27H2,1-4H3,(H,28,30)(H,29,32)/t17?,20?,21-,22-/m0/s1. The molecule has 8 nitrogen and oxygen atoms in total. The maximum absolute atomic E-state index is 13.5. The molecule has 192 valence electrons. The lowest BCUT2D eigenvalue weighted by atomic mass is 10.00. The van der Waals surface area contributed by atoms with Crippen LogP contribution in [-0.4, -0.2) is 56.9 Å². The van der Waals surface area contributed by atoms with E-state index in [2.05, 4.69) is 22.5 Å². The Morgan fingerprint density at radius 3 is 2.49 bits per heavy atom. The van der Waals surface area contributed by atoms with Gasteiger partial charge in [0.05, 0.1) is 17.3 Å². The molecule has 0 bridgehead atoms. The highest BCUT2D eigenvalue weighted by molar-refractivity contribution is 7.93. The van der Waals surface area contributed by atoms with Gasteiger partial charge in [0.25, 0.3) is 5.91 Å². The van der Waals surface area contributed by atoms with Crippen LogP contribution in [0.5, 0.6) is 0 Å². The van der Waals surface area contributed by atoms with E-state index in [1.807, 2.05) is 30.3 Å². The summed E-state index contributed by atoms with van der Waals surface area (Å²) >= 11 is 0. The molecule has 1 fully saturated rings. The van der Waals surface area contributed by atoms with Crippen LogP contribution in [0.25, 0.3) is 0 Å². The summed E-state index contributed by atoms with van der Waals surface area (Å²) in [6.45, 7) is 5.23. The van der Waals surface area contributed by atoms with E-state index in [0.717, 1.165) is 16.3 Å². The predicted octanol–water partition coefficient (Wildman–Crippen LogP) is 2.96. The third-order valence-corrected chi connectivity index (χ3v) is 8.65. The second kappa shape index (κ2) is 11.3. The molecule has 4 N–H and O–H groups in total. The minimum absolute atomic E-state index is 0.132. The number of hydrogen-bond acceptors (Lipinski definition) is 6. The van der Waals surface area contributed by atoms with Crippen molar-refractivity contribution in [3.05, 3.63) is 53.6 Å². The Bertz CT molecular complexity index is 1110. The van der Waals surface area contributed by atoms with E-state index >= 15 is 0 Å². The second-order valence-electron chi connectivity index (χ2n) is 9.60. The first-order chi connectivity index (χ1) is 16.5. The summed E-state index contributed by atoms with van der Waals surface area (Å²) in [6.07, 6.45) is 1.48. The van der Waals surface area contributed by atoms with Gasteiger partial charge in [0.15, 0.2) is 0 Å². The monoisotopic (exact) mass is 505 g/mol. The number of alkyl halides is 1. The smallest absolute Gasteiger partial charge is 0.251 e. The number of aromatic nitrogens is 1. The normalized spacial score (nSPS) is 19.2. The largest absolute Gasteiger partial charge is 0.370 e. The van der Waals surface area contributed by atoms with Crippen LogP contribution < -0.4 is 20.7 Å². The number of nitrogens with zero attached hydrogens (tertiary/aromatic N) is 2. The number of halogens is 1. The highest BCUT2D eigenvalue weighted by Crippen LogP contribution is 2.37. The van der Waals surface area contributed by atoms with Gasteiger partial charge in [-0.15, -0.1) is 0 Å². The third-order valence-electron chi connectivity index (χ3n) is 6.51. The van der Waals surface area contributed by atoms with Gasteiger partial charge in [0, 0.05) is 19.2 Å². The lowest BCUT2D eigenvalue weighted by Crippen LogP contribution is -2.50. The zero-order valence-corrected chi connectivity index (χ0v) is 21.6. The molecule has 1 aliphatic carbocycles. The molecule has 3 rings (SSSR count). The number of carbonyl (C=O) groups is 1. The Morgan fingerprint density at radius 2 is 1.91 bits per heavy atom. The van der Waals surface area contributed by atoms with E-state index in [4.69, 9.17) is 5.73 Å². The van der Waals surface area contributed by atoms with Gasteiger partial charge in [-0.05, 0) is 56.2 Å². The summed E-state index contributed by atoms with van der Waals surface area (Å²) in [6, 6.07) is 10.9. The zero-order chi connectivity index (χ0) is 25.8. The summed E-state index contributed by atoms with van der Waals surface area (Å²) in [7, 11) is -2.24. The summed E-state index contributed by atoms with van der Waals surface area (Å²) in [4.78, 5) is 17.7. The number of pyridine rings is 1. The molecule has 1 amide bonds. The molecule has 0 radical (unpaired) electrons. The number of sulfonamides is 1. The fourth-order valence-electron chi connectivity index (χ4n) is 3.80. The van der Waals surface area contributed by atoms with Gasteiger partial charge in [-0.1, -0.05) is 37.3 Å². The molecule has 1 aliphatic rings. The fourth-order valence-corrected chi connectivity index (χ4v) is 4.79. The predicted molar refractivity (Wildman–Crippen MR) is 138 cm³/mol. The number of nitrogens with two attached hydrogens (primary N) is 1. The van der Waals surface area contributed by atoms with Crippen LogP contribution in [0.4, 0.5) is 16.0 Å². The van der Waals surface area contributed by atoms with Gasteiger partial charge in [0.2, 0.25) is 10.0 Å². The van der Waals surface area contributed by atoms with E-state index in [0.29, 0.717) is 30.6 Å². The van der Waals surface area contributed by atoms with Crippen LogP contribution in [0.3, 0.4) is 0 Å². The van der Waals surface area contributed by atoms with E-state index in [1.165, 1.54) is 13.1 Å². The van der Waals surface area contributed by atoms with Crippen molar-refractivity contribution >= 4 is 27.6 Å². The minimum Gasteiger partial charge on any atom is -0.370 e. The van der Waals surface area contributed by atoms with E-state index in [1.54, 1.807) is 19.9 Å². The first-order valence-corrected chi connectivity index (χ1v) is 13.4. The highest BCUT2D eigenvalue weighted by Gasteiger charge is 2.32. The highest BCUT2D eigenvalue weighted by atomic mass is 32.2. The second-order valence-corrected chi connectivity index (χ2v) is 12.1. The Kier molecular flexibility index (Phi) is 8.71. The molecule has 0 aliphatic heterocycles. The lowest BCUT2D eigenvalue weighted by molar-refractivity contribution is 0.0928. The molecule has 10 heteroatoms. The molecular formula is C25H36FN5O3S. The number of rotatable bonds is 12. The van der Waals surface area contributed by atoms with Crippen molar-refractivity contribution in [3.63, 3.8) is 0 Å². The van der Waals surface area contributed by atoms with Gasteiger partial charge in [-0.25, -0.2) is 17.8 Å². The molecule has 35 heavy (non-hydrogen) atoms. The van der Waals surface area contributed by atoms with Gasteiger partial charge >= 0.3 is 0 Å². The molecule has 1 saturated carbocycles. The molecule has 1 aromatic heterocycles. The molecule has 2 aromatic rings. The lowest BCUT2D eigenvalue weighted by Gasteiger charge is -2.25. The fraction of sp³-hybridized carbons (Fsp3) is 0.520. The van der Waals surface area contributed by atoms with Crippen molar-refractivity contribution in [2.45, 2.75) is 50.9 Å². The molecule has 2 unspecified atom stereocenters. The van der Waals surface area contributed by atoms with Crippen molar-refractivity contribution in [1.29, 1.82) is 0 Å². The first kappa shape index (κ1) is 26.9. The van der Waals surface area contributed by atoms with Crippen molar-refractivity contribution < 1.29 is 17.6 Å². The Balaban J connectivity index is 1.88. The average Bonchev–Trinajstić information content (AvgIpc) is 3.56. The number of carbonyl (C=O) groups excluding carboxylic acids is 1. The Morgan fingerprint density at radius 1 is 1.26 bits per heavy atom. The summed E-state index contributed by atoms with van der Waals surface area (Å²) in [5.41, 5.74) is 7.12. The molecular weight excluding hydrogens is 469 g/mol. The quantitative estimate of drug-likeness (QED) is 0.408. The van der Waals surface area contributed by atoms with Crippen LogP contribution in [-0.2, 0) is 16.4 Å². The molecule has 1 heterocycles. The van der Waals surface area contributed by atoms with Gasteiger partial charge < -0.3 is 16.4 Å². The average molecular weight is 506 g/mol. The van der Waals surface area contributed by atoms with Crippen LogP contribution in [0, 0.1) is 11.8 Å². The third kappa shape index (κ3) is 6.91. The summed E-state index contributed by atoms with van der Waals surface area (Å²) in [5, 5.41) is 5.42. The van der Waals surface area contributed by atoms with Crippen molar-refractivity contribution in [1.82, 2.24) is 10.3 Å². The zero-order valence-electron chi connectivity index (χ0n) is 20.7. The topological polar surface area (TPSA) is 117 Å². The maximum Gasteiger partial charge on any atom is 0.251 e. The maximum atomic E-state index is 13.5. The minimum atomic E-state index is -3.66. The molecule has 1 aromatic carbocycles.